The molecule has 0 unspecified atom stereocenters. The zero-order valence-corrected chi connectivity index (χ0v) is 24.7. The number of allylic oxidation sites excluding steroid dienone is 2. The number of nitrogens with zero attached hydrogens (tertiary/aromatic N) is 3. The number of carbonyl (C=O) groups excluding carboxylic acids is 3. The number of benzene rings is 1. The molecule has 8 nitrogen and oxygen atoms in total. The first kappa shape index (κ1) is 42.0. The van der Waals surface area contributed by atoms with Gasteiger partial charge in [0.2, 0.25) is 17.4 Å². The Bertz CT molecular complexity index is 2100. The van der Waals surface area contributed by atoms with Crippen molar-refractivity contribution in [3.05, 3.63) is 57.6 Å². The minimum absolute atomic E-state index is 0.369. The van der Waals surface area contributed by atoms with Crippen molar-refractivity contribution in [3.8, 4) is 0 Å². The number of ketones is 1. The third-order valence-corrected chi connectivity index (χ3v) is 7.55. The van der Waals surface area contributed by atoms with E-state index in [1.54, 1.807) is 0 Å². The molecule has 0 spiro atoms. The van der Waals surface area contributed by atoms with Crippen molar-refractivity contribution in [3.63, 3.8) is 0 Å². The maximum absolute atomic E-state index is 16.4. The van der Waals surface area contributed by atoms with Crippen LogP contribution in [-0.4, -0.2) is 68.4 Å². The lowest BCUT2D eigenvalue weighted by Gasteiger charge is -2.52. The molecule has 1 saturated carbocycles. The van der Waals surface area contributed by atoms with Crippen molar-refractivity contribution >= 4 is 40.2 Å². The van der Waals surface area contributed by atoms with Gasteiger partial charge in [0.1, 0.15) is 17.5 Å². The highest BCUT2D eigenvalue weighted by atomic mass is 35.5. The number of carbonyl (C=O) groups is 3. The van der Waals surface area contributed by atoms with Crippen LogP contribution in [0.2, 0.25) is 0 Å². The third kappa shape index (κ3) is 5.22. The van der Waals surface area contributed by atoms with Crippen molar-refractivity contribution in [1.29, 1.82) is 0 Å². The second-order valence-corrected chi connectivity index (χ2v) is 10.6. The van der Waals surface area contributed by atoms with Gasteiger partial charge in [-0.05, 0) is 0 Å². The van der Waals surface area contributed by atoms with Gasteiger partial charge in [-0.15, -0.1) is 24.8 Å². The Balaban J connectivity index is 2.37. The van der Waals surface area contributed by atoms with Gasteiger partial charge in [0.25, 0.3) is 5.67 Å². The molecule has 0 radical (unpaired) electrons. The molecule has 0 saturated heterocycles. The summed E-state index contributed by atoms with van der Waals surface area (Å²) in [5.74, 6) is -69.1. The van der Waals surface area contributed by atoms with Gasteiger partial charge in [0.15, 0.2) is 17.3 Å². The molecule has 1 fully saturated rings. The van der Waals surface area contributed by atoms with Crippen molar-refractivity contribution in [2.45, 2.75) is 53.6 Å². The first-order valence-electron chi connectivity index (χ1n) is 12.7. The monoisotopic (exact) mass is 847 g/mol. The van der Waals surface area contributed by atoms with Gasteiger partial charge in [0.05, 0.1) is 17.0 Å². The fourth-order valence-electron chi connectivity index (χ4n) is 4.74. The van der Waals surface area contributed by atoms with Crippen LogP contribution >= 0.6 is 11.6 Å². The Kier molecular flexibility index (Phi) is 9.44. The fraction of sp³-hybridized carbons (Fsp3) is 0.375. The van der Waals surface area contributed by atoms with Crippen LogP contribution in [0.15, 0.2) is 22.4 Å². The topological polar surface area (TPSA) is 104 Å². The molecule has 2 aromatic heterocycles. The molecule has 0 N–H and O–H groups in total. The van der Waals surface area contributed by atoms with Gasteiger partial charge in [0, 0.05) is 10.9 Å². The number of rotatable bonds is 6. The van der Waals surface area contributed by atoms with E-state index < -0.39 is 138 Å². The molecule has 0 aliphatic heterocycles. The summed E-state index contributed by atoms with van der Waals surface area (Å²) >= 11 is 5.35. The van der Waals surface area contributed by atoms with Crippen LogP contribution in [0, 0.1) is 11.6 Å². The summed E-state index contributed by atoms with van der Waals surface area (Å²) in [7, 11) is 0. The number of alkyl halides is 18. The molecule has 1 aliphatic carbocycles. The average molecular weight is 848 g/mol. The van der Waals surface area contributed by atoms with E-state index in [0.717, 1.165) is 0 Å². The van der Waals surface area contributed by atoms with Gasteiger partial charge < -0.3 is 9.26 Å². The second-order valence-electron chi connectivity index (χ2n) is 10.3. The SMILES string of the molecule is O=C(OC(=O)c1c(C2(F)C(F)(F)C(F)(F)C(F)(F)C(F)(F)C2(F)F)c(F)c(F)c2c1c(C(=O)/C(F)=C(\F)C(F)(F)F)nn2C(F)(F)F)c1nocc1CCl. The van der Waals surface area contributed by atoms with Crippen LogP contribution in [0.1, 0.15) is 42.5 Å². The van der Waals surface area contributed by atoms with Crippen molar-refractivity contribution < 1.29 is 116 Å². The zero-order valence-electron chi connectivity index (χ0n) is 24.0. The standard InChI is InChI=1S/C24H3ClF21N3O5/c25-1-3-2-53-48-10(3)16(52)54-15(51)4-5-11(13(50)9(28)14(29)18(31,32)33)47-49(24(44,45)46)12(5)8(27)7(26)6(4)17(30)19(34,35)21(38,39)23(42,43)22(40,41)20(17,36)37/h2H,1H2/b14-9+. The summed E-state index contributed by atoms with van der Waals surface area (Å²) in [6.07, 6.45) is -13.0. The van der Waals surface area contributed by atoms with E-state index in [0.29, 0.717) is 6.26 Å². The number of fused-ring (bicyclic) bond motifs is 1. The van der Waals surface area contributed by atoms with E-state index in [1.165, 1.54) is 0 Å². The number of Topliss-reactive ketones (excluding diaryl/α,β-unsaturated/α-hetero) is 1. The Labute approximate surface area is 283 Å². The van der Waals surface area contributed by atoms with Crippen LogP contribution in [0.3, 0.4) is 0 Å². The number of ether oxygens (including phenoxy) is 1. The first-order valence-corrected chi connectivity index (χ1v) is 13.2. The first-order chi connectivity index (χ1) is 24.1. The quantitative estimate of drug-likeness (QED) is 0.0611. The van der Waals surface area contributed by atoms with Crippen LogP contribution in [0.4, 0.5) is 92.2 Å². The van der Waals surface area contributed by atoms with Crippen molar-refractivity contribution in [2.75, 3.05) is 0 Å². The zero-order chi connectivity index (χ0) is 41.9. The number of esters is 2. The maximum atomic E-state index is 16.4. The summed E-state index contributed by atoms with van der Waals surface area (Å²) in [5, 5.41) is 1.34. The van der Waals surface area contributed by atoms with E-state index in [9.17, 15) is 75.8 Å². The number of halogens is 22. The van der Waals surface area contributed by atoms with E-state index in [1.807, 2.05) is 5.10 Å². The number of hydrogen-bond donors (Lipinski definition) is 0. The highest BCUT2D eigenvalue weighted by molar-refractivity contribution is 6.20. The Morgan fingerprint density at radius 2 is 1.24 bits per heavy atom. The Morgan fingerprint density at radius 3 is 1.69 bits per heavy atom. The lowest BCUT2D eigenvalue weighted by atomic mass is 9.67. The molecule has 2 heterocycles. The van der Waals surface area contributed by atoms with E-state index >= 15 is 30.7 Å². The van der Waals surface area contributed by atoms with Gasteiger partial charge in [-0.25, -0.2) is 22.8 Å². The minimum Gasteiger partial charge on any atom is -0.384 e. The normalized spacial score (nSPS) is 20.4. The molecule has 0 bridgehead atoms. The van der Waals surface area contributed by atoms with E-state index in [2.05, 4.69) is 14.4 Å². The lowest BCUT2D eigenvalue weighted by Crippen LogP contribution is -2.82. The molecular formula is C24H3ClF21N3O5. The van der Waals surface area contributed by atoms with Crippen LogP contribution in [0.25, 0.3) is 10.9 Å². The lowest BCUT2D eigenvalue weighted by molar-refractivity contribution is -0.489. The van der Waals surface area contributed by atoms with Crippen molar-refractivity contribution in [2.24, 2.45) is 0 Å². The number of aromatic nitrogens is 3. The summed E-state index contributed by atoms with van der Waals surface area (Å²) in [6.45, 7) is 0. The largest absolute Gasteiger partial charge is 0.505 e. The average Bonchev–Trinajstić information content (AvgIpc) is 3.69. The minimum atomic E-state index is -8.37. The molecule has 30 heteroatoms. The van der Waals surface area contributed by atoms with E-state index in [-0.39, 0.29) is 0 Å². The smallest absolute Gasteiger partial charge is 0.384 e. The Hall–Kier alpha value is -4.73. The molecule has 1 aromatic carbocycles. The number of hydrogen-bond acceptors (Lipinski definition) is 7. The van der Waals surface area contributed by atoms with E-state index in [4.69, 9.17) is 11.6 Å². The molecule has 3 aromatic rings. The molecular weight excluding hydrogens is 845 g/mol. The summed E-state index contributed by atoms with van der Waals surface area (Å²) in [6, 6.07) is 0. The molecule has 4 rings (SSSR count). The Morgan fingerprint density at radius 1 is 0.759 bits per heavy atom. The molecule has 1 aliphatic rings. The summed E-state index contributed by atoms with van der Waals surface area (Å²) in [4.78, 5) is 38.3. The van der Waals surface area contributed by atoms with Crippen LogP contribution in [0.5, 0.6) is 0 Å². The second kappa shape index (κ2) is 12.1. The van der Waals surface area contributed by atoms with Gasteiger partial charge in [-0.3, -0.25) is 4.79 Å². The summed E-state index contributed by atoms with van der Waals surface area (Å²) in [5.41, 5.74) is -25.2. The molecule has 54 heavy (non-hydrogen) atoms. The predicted molar refractivity (Wildman–Crippen MR) is 124 cm³/mol. The predicted octanol–water partition coefficient (Wildman–Crippen LogP) is 8.77. The van der Waals surface area contributed by atoms with Crippen LogP contribution in [-0.2, 0) is 22.6 Å². The summed E-state index contributed by atoms with van der Waals surface area (Å²) < 4.78 is 307. The van der Waals surface area contributed by atoms with Crippen LogP contribution < -0.4 is 0 Å². The van der Waals surface area contributed by atoms with Gasteiger partial charge in [-0.2, -0.15) is 75.6 Å². The molecule has 0 atom stereocenters. The van der Waals surface area contributed by atoms with Gasteiger partial charge in [-0.1, -0.05) is 5.16 Å². The third-order valence-electron chi connectivity index (χ3n) is 7.26. The molecule has 298 valence electrons. The molecule has 0 amide bonds. The highest BCUT2D eigenvalue weighted by Crippen LogP contribution is 2.73. The van der Waals surface area contributed by atoms with Crippen molar-refractivity contribution in [1.82, 2.24) is 14.9 Å². The van der Waals surface area contributed by atoms with Gasteiger partial charge >= 0.3 is 54.0 Å². The maximum Gasteiger partial charge on any atom is 0.505 e. The highest BCUT2D eigenvalue weighted by Gasteiger charge is 3.01. The fourth-order valence-corrected chi connectivity index (χ4v) is 4.93.